The summed E-state index contributed by atoms with van der Waals surface area (Å²) < 4.78 is 50.5. The summed E-state index contributed by atoms with van der Waals surface area (Å²) in [6.45, 7) is 4.77. The first kappa shape index (κ1) is 28.5. The zero-order valence-electron chi connectivity index (χ0n) is 21.4. The molecule has 0 saturated carbocycles. The molecule has 5 nitrogen and oxygen atoms in total. The van der Waals surface area contributed by atoms with Gasteiger partial charge in [0.15, 0.2) is 11.5 Å². The number of ether oxygens (including phenoxy) is 2. The number of hydrogen-bond donors (Lipinski definition) is 3. The van der Waals surface area contributed by atoms with Crippen molar-refractivity contribution in [3.05, 3.63) is 95.1 Å². The Morgan fingerprint density at radius 1 is 0.838 bits per heavy atom. The lowest BCUT2D eigenvalue weighted by molar-refractivity contribution is -0.137. The van der Waals surface area contributed by atoms with E-state index >= 15 is 0 Å². The number of benzene rings is 3. The molecule has 37 heavy (non-hydrogen) atoms. The van der Waals surface area contributed by atoms with Crippen molar-refractivity contribution in [1.82, 2.24) is 10.6 Å². The van der Waals surface area contributed by atoms with E-state index in [4.69, 9.17) is 9.47 Å². The maximum Gasteiger partial charge on any atom is 0.416 e. The molecule has 3 aromatic carbocycles. The van der Waals surface area contributed by atoms with Gasteiger partial charge in [-0.25, -0.2) is 0 Å². The molecule has 0 aromatic heterocycles. The highest BCUT2D eigenvalue weighted by molar-refractivity contribution is 5.44. The van der Waals surface area contributed by atoms with Crippen molar-refractivity contribution in [1.29, 1.82) is 0 Å². The number of aliphatic hydroxyl groups is 1. The Kier molecular flexibility index (Phi) is 10.4. The average molecular weight is 517 g/mol. The Morgan fingerprint density at radius 2 is 1.49 bits per heavy atom. The molecular weight excluding hydrogens is 481 g/mol. The van der Waals surface area contributed by atoms with Crippen molar-refractivity contribution in [2.75, 3.05) is 20.3 Å². The highest BCUT2D eigenvalue weighted by Crippen LogP contribution is 2.34. The molecule has 200 valence electrons. The third-order valence-corrected chi connectivity index (χ3v) is 6.12. The molecule has 0 saturated heterocycles. The third-order valence-electron chi connectivity index (χ3n) is 6.12. The van der Waals surface area contributed by atoms with Gasteiger partial charge < -0.3 is 14.6 Å². The van der Waals surface area contributed by atoms with Gasteiger partial charge in [0.2, 0.25) is 0 Å². The van der Waals surface area contributed by atoms with E-state index in [9.17, 15) is 18.3 Å². The molecule has 3 aromatic rings. The van der Waals surface area contributed by atoms with Crippen LogP contribution in [0.15, 0.2) is 72.8 Å². The summed E-state index contributed by atoms with van der Waals surface area (Å²) in [5.41, 5.74) is 1.95. The SMILES string of the molecule is CCOc1ccc([C@@H](CCc2ccc(C(F)(F)F)cc2)N[C@H](c2ccccc2)C(O)NC)cc1OCC. The van der Waals surface area contributed by atoms with Crippen LogP contribution in [0.4, 0.5) is 13.2 Å². The van der Waals surface area contributed by atoms with Gasteiger partial charge in [0.25, 0.3) is 0 Å². The number of hydrogen-bond acceptors (Lipinski definition) is 5. The molecule has 3 rings (SSSR count). The smallest absolute Gasteiger partial charge is 0.416 e. The minimum absolute atomic E-state index is 0.245. The monoisotopic (exact) mass is 516 g/mol. The number of nitrogens with one attached hydrogen (secondary N) is 2. The van der Waals surface area contributed by atoms with E-state index in [1.165, 1.54) is 12.1 Å². The second kappa shape index (κ2) is 13.5. The van der Waals surface area contributed by atoms with Crippen LogP contribution in [-0.2, 0) is 12.6 Å². The predicted molar refractivity (Wildman–Crippen MR) is 139 cm³/mol. The first-order valence-corrected chi connectivity index (χ1v) is 12.5. The van der Waals surface area contributed by atoms with Crippen molar-refractivity contribution < 1.29 is 27.8 Å². The summed E-state index contributed by atoms with van der Waals surface area (Å²) in [4.78, 5) is 0. The zero-order valence-corrected chi connectivity index (χ0v) is 21.4. The quantitative estimate of drug-likeness (QED) is 0.242. The summed E-state index contributed by atoms with van der Waals surface area (Å²) in [5.74, 6) is 1.26. The minimum atomic E-state index is -4.37. The van der Waals surface area contributed by atoms with Crippen LogP contribution in [0.1, 0.15) is 54.6 Å². The van der Waals surface area contributed by atoms with Gasteiger partial charge in [-0.3, -0.25) is 10.6 Å². The molecule has 0 aliphatic heterocycles. The summed E-state index contributed by atoms with van der Waals surface area (Å²) >= 11 is 0. The van der Waals surface area contributed by atoms with Crippen LogP contribution < -0.4 is 20.1 Å². The summed E-state index contributed by atoms with van der Waals surface area (Å²) in [7, 11) is 1.68. The molecule has 0 bridgehead atoms. The molecule has 1 unspecified atom stereocenters. The van der Waals surface area contributed by atoms with Crippen LogP contribution in [-0.4, -0.2) is 31.6 Å². The predicted octanol–water partition coefficient (Wildman–Crippen LogP) is 6.05. The highest BCUT2D eigenvalue weighted by atomic mass is 19.4. The van der Waals surface area contributed by atoms with Crippen LogP contribution >= 0.6 is 0 Å². The number of aryl methyl sites for hydroxylation is 1. The Hall–Kier alpha value is -3.07. The number of alkyl halides is 3. The lowest BCUT2D eigenvalue weighted by Crippen LogP contribution is -2.41. The first-order valence-electron chi connectivity index (χ1n) is 12.5. The largest absolute Gasteiger partial charge is 0.490 e. The summed E-state index contributed by atoms with van der Waals surface area (Å²) in [6.07, 6.45) is -4.13. The third kappa shape index (κ3) is 7.95. The number of halogens is 3. The van der Waals surface area contributed by atoms with Gasteiger partial charge in [0, 0.05) is 6.04 Å². The second-order valence-electron chi connectivity index (χ2n) is 8.65. The molecule has 0 fully saturated rings. The Balaban J connectivity index is 1.93. The van der Waals surface area contributed by atoms with Crippen molar-refractivity contribution >= 4 is 0 Å². The van der Waals surface area contributed by atoms with Crippen LogP contribution in [0.3, 0.4) is 0 Å². The Morgan fingerprint density at radius 3 is 2.08 bits per heavy atom. The molecule has 0 radical (unpaired) electrons. The van der Waals surface area contributed by atoms with E-state index in [2.05, 4.69) is 10.6 Å². The average Bonchev–Trinajstić information content (AvgIpc) is 2.90. The van der Waals surface area contributed by atoms with E-state index in [1.807, 2.05) is 62.4 Å². The van der Waals surface area contributed by atoms with Crippen LogP contribution in [0, 0.1) is 0 Å². The molecular formula is C29H35F3N2O3. The van der Waals surface area contributed by atoms with Crippen molar-refractivity contribution in [2.45, 2.75) is 51.2 Å². The van der Waals surface area contributed by atoms with Gasteiger partial charge in [-0.1, -0.05) is 48.5 Å². The normalized spacial score (nSPS) is 14.1. The van der Waals surface area contributed by atoms with Gasteiger partial charge in [-0.05, 0) is 74.7 Å². The van der Waals surface area contributed by atoms with Crippen LogP contribution in [0.2, 0.25) is 0 Å². The lowest BCUT2D eigenvalue weighted by Gasteiger charge is -2.30. The fourth-order valence-corrected chi connectivity index (χ4v) is 4.22. The molecule has 0 spiro atoms. The molecule has 3 atom stereocenters. The maximum absolute atomic E-state index is 13.0. The summed E-state index contributed by atoms with van der Waals surface area (Å²) in [6, 6.07) is 19.9. The van der Waals surface area contributed by atoms with Crippen LogP contribution in [0.25, 0.3) is 0 Å². The van der Waals surface area contributed by atoms with Crippen molar-refractivity contribution in [3.63, 3.8) is 0 Å². The highest BCUT2D eigenvalue weighted by Gasteiger charge is 2.30. The van der Waals surface area contributed by atoms with E-state index in [0.717, 1.165) is 28.8 Å². The van der Waals surface area contributed by atoms with E-state index in [1.54, 1.807) is 7.05 Å². The number of aliphatic hydroxyl groups excluding tert-OH is 1. The van der Waals surface area contributed by atoms with E-state index in [0.29, 0.717) is 37.6 Å². The molecule has 3 N–H and O–H groups in total. The van der Waals surface area contributed by atoms with Gasteiger partial charge in [-0.2, -0.15) is 13.2 Å². The molecule has 0 heterocycles. The Bertz CT molecular complexity index is 1090. The van der Waals surface area contributed by atoms with Crippen molar-refractivity contribution in [3.8, 4) is 11.5 Å². The van der Waals surface area contributed by atoms with E-state index < -0.39 is 24.0 Å². The van der Waals surface area contributed by atoms with Crippen LogP contribution in [0.5, 0.6) is 11.5 Å². The fraction of sp³-hybridized carbons (Fsp3) is 0.379. The number of rotatable bonds is 13. The van der Waals surface area contributed by atoms with Gasteiger partial charge >= 0.3 is 6.18 Å². The standard InChI is InChI=1S/C29H35F3N2O3/c1-4-36-25-18-14-22(19-26(25)37-5-2)24(17-13-20-11-15-23(16-12-20)29(30,31)32)34-27(28(35)33-3)21-9-7-6-8-10-21/h6-12,14-16,18-19,24,27-28,33-35H,4-5,13,17H2,1-3H3/t24-,27-,28?/m1/s1. The minimum Gasteiger partial charge on any atom is -0.490 e. The van der Waals surface area contributed by atoms with Gasteiger partial charge in [-0.15, -0.1) is 0 Å². The maximum atomic E-state index is 13.0. The zero-order chi connectivity index (χ0) is 26.8. The molecule has 0 amide bonds. The second-order valence-corrected chi connectivity index (χ2v) is 8.65. The van der Waals surface area contributed by atoms with Gasteiger partial charge in [0.05, 0.1) is 24.8 Å². The fourth-order valence-electron chi connectivity index (χ4n) is 4.22. The first-order chi connectivity index (χ1) is 17.8. The molecule has 0 aliphatic carbocycles. The molecule has 8 heteroatoms. The Labute approximate surface area is 216 Å². The van der Waals surface area contributed by atoms with E-state index in [-0.39, 0.29) is 6.04 Å². The lowest BCUT2D eigenvalue weighted by atomic mass is 9.95. The van der Waals surface area contributed by atoms with Crippen molar-refractivity contribution in [2.24, 2.45) is 0 Å². The van der Waals surface area contributed by atoms with Gasteiger partial charge in [0.1, 0.15) is 6.23 Å². The number of likely N-dealkylation sites (N-methyl/N-ethyl adjacent to an activating group) is 1. The topological polar surface area (TPSA) is 62.8 Å². The summed E-state index contributed by atoms with van der Waals surface area (Å²) in [5, 5.41) is 17.3. The molecule has 0 aliphatic rings.